The number of hydrazone groups is 1. The molecule has 0 aliphatic heterocycles. The number of primary amides is 1. The van der Waals surface area contributed by atoms with Gasteiger partial charge < -0.3 is 15.2 Å². The highest BCUT2D eigenvalue weighted by Gasteiger charge is 2.08. The smallest absolute Gasteiger partial charge is 0.271 e. The second kappa shape index (κ2) is 10.3. The van der Waals surface area contributed by atoms with Gasteiger partial charge in [-0.15, -0.1) is 0 Å². The zero-order valence-corrected chi connectivity index (χ0v) is 18.2. The number of carbonyl (C=O) groups excluding carboxylic acids is 2. The van der Waals surface area contributed by atoms with Gasteiger partial charge in [-0.3, -0.25) is 14.3 Å². The SMILES string of the molecule is COc1cc(/C=N/NC(=O)c2ccc(Cn3nc(C)cc3C)cc2)ccc1OCC(N)=O. The van der Waals surface area contributed by atoms with Gasteiger partial charge in [0.05, 0.1) is 25.6 Å². The summed E-state index contributed by atoms with van der Waals surface area (Å²) in [5.41, 5.74) is 11.9. The second-order valence-corrected chi connectivity index (χ2v) is 7.15. The highest BCUT2D eigenvalue weighted by atomic mass is 16.5. The fraction of sp³-hybridized carbons (Fsp3) is 0.217. The fourth-order valence-corrected chi connectivity index (χ4v) is 3.03. The lowest BCUT2D eigenvalue weighted by Crippen LogP contribution is -2.20. The maximum Gasteiger partial charge on any atom is 0.271 e. The monoisotopic (exact) mass is 435 g/mol. The molecule has 3 rings (SSSR count). The maximum absolute atomic E-state index is 12.4. The first-order chi connectivity index (χ1) is 15.4. The van der Waals surface area contributed by atoms with Gasteiger partial charge in [0.1, 0.15) is 0 Å². The highest BCUT2D eigenvalue weighted by molar-refractivity contribution is 5.95. The van der Waals surface area contributed by atoms with Crippen molar-refractivity contribution in [3.63, 3.8) is 0 Å². The van der Waals surface area contributed by atoms with Gasteiger partial charge in [0, 0.05) is 11.3 Å². The number of amides is 2. The molecule has 166 valence electrons. The van der Waals surface area contributed by atoms with Crippen LogP contribution in [-0.4, -0.2) is 41.5 Å². The van der Waals surface area contributed by atoms with E-state index in [0.717, 1.165) is 17.0 Å². The van der Waals surface area contributed by atoms with Gasteiger partial charge in [0.25, 0.3) is 11.8 Å². The summed E-state index contributed by atoms with van der Waals surface area (Å²) in [6, 6.07) is 14.3. The molecule has 0 saturated carbocycles. The van der Waals surface area contributed by atoms with Gasteiger partial charge in [0.15, 0.2) is 18.1 Å². The van der Waals surface area contributed by atoms with Crippen LogP contribution < -0.4 is 20.6 Å². The Hall–Kier alpha value is -4.14. The van der Waals surface area contributed by atoms with E-state index in [2.05, 4.69) is 15.6 Å². The van der Waals surface area contributed by atoms with E-state index in [1.165, 1.54) is 13.3 Å². The molecule has 3 N–H and O–H groups in total. The summed E-state index contributed by atoms with van der Waals surface area (Å²) in [5, 5.41) is 8.44. The molecule has 2 amide bonds. The third-order valence-electron chi connectivity index (χ3n) is 4.59. The molecule has 2 aromatic carbocycles. The topological polar surface area (TPSA) is 121 Å². The van der Waals surface area contributed by atoms with Crippen LogP contribution in [0.2, 0.25) is 0 Å². The van der Waals surface area contributed by atoms with E-state index in [1.807, 2.05) is 36.7 Å². The Morgan fingerprint density at radius 3 is 2.50 bits per heavy atom. The molecule has 1 heterocycles. The first-order valence-corrected chi connectivity index (χ1v) is 9.88. The van der Waals surface area contributed by atoms with Crippen LogP contribution in [0.25, 0.3) is 0 Å². The molecular formula is C23H25N5O4. The third-order valence-corrected chi connectivity index (χ3v) is 4.59. The van der Waals surface area contributed by atoms with Gasteiger partial charge in [-0.1, -0.05) is 12.1 Å². The second-order valence-electron chi connectivity index (χ2n) is 7.15. The summed E-state index contributed by atoms with van der Waals surface area (Å²) < 4.78 is 12.4. The highest BCUT2D eigenvalue weighted by Crippen LogP contribution is 2.27. The number of hydrogen-bond acceptors (Lipinski definition) is 6. The molecule has 0 aliphatic rings. The predicted molar refractivity (Wildman–Crippen MR) is 120 cm³/mol. The molecule has 0 radical (unpaired) electrons. The van der Waals surface area contributed by atoms with Crippen LogP contribution in [0.4, 0.5) is 0 Å². The molecule has 9 nitrogen and oxygen atoms in total. The minimum Gasteiger partial charge on any atom is -0.493 e. The molecule has 0 unspecified atom stereocenters. The van der Waals surface area contributed by atoms with E-state index in [9.17, 15) is 9.59 Å². The molecule has 0 fully saturated rings. The average Bonchev–Trinajstić information content (AvgIpc) is 3.09. The summed E-state index contributed by atoms with van der Waals surface area (Å²) in [5.74, 6) is -0.111. The third kappa shape index (κ3) is 5.94. The van der Waals surface area contributed by atoms with E-state index < -0.39 is 5.91 Å². The first kappa shape index (κ1) is 22.5. The average molecular weight is 435 g/mol. The van der Waals surface area contributed by atoms with E-state index >= 15 is 0 Å². The van der Waals surface area contributed by atoms with Crippen molar-refractivity contribution in [3.05, 3.63) is 76.6 Å². The van der Waals surface area contributed by atoms with Crippen molar-refractivity contribution in [1.29, 1.82) is 0 Å². The number of ether oxygens (including phenoxy) is 2. The van der Waals surface area contributed by atoms with Gasteiger partial charge in [-0.05, 0) is 61.4 Å². The Bertz CT molecular complexity index is 1140. The Morgan fingerprint density at radius 1 is 1.12 bits per heavy atom. The first-order valence-electron chi connectivity index (χ1n) is 9.88. The molecule has 0 bridgehead atoms. The molecule has 0 atom stereocenters. The number of rotatable bonds is 9. The van der Waals surface area contributed by atoms with Crippen molar-refractivity contribution in [3.8, 4) is 11.5 Å². The maximum atomic E-state index is 12.4. The molecule has 0 saturated heterocycles. The van der Waals surface area contributed by atoms with Crippen molar-refractivity contribution < 1.29 is 19.1 Å². The van der Waals surface area contributed by atoms with Crippen LogP contribution in [0.1, 0.15) is 32.9 Å². The fourth-order valence-electron chi connectivity index (χ4n) is 3.03. The summed E-state index contributed by atoms with van der Waals surface area (Å²) >= 11 is 0. The lowest BCUT2D eigenvalue weighted by atomic mass is 10.1. The zero-order valence-electron chi connectivity index (χ0n) is 18.2. The molecule has 9 heteroatoms. The molecular weight excluding hydrogens is 410 g/mol. The standard InChI is InChI=1S/C23H25N5O4/c1-15-10-16(2)28(27-15)13-17-4-7-19(8-5-17)23(30)26-25-12-18-6-9-20(21(11-18)31-3)32-14-22(24)29/h4-12H,13-14H2,1-3H3,(H2,24,29)(H,26,30)/b25-12+. The minimum absolute atomic E-state index is 0.250. The Kier molecular flexibility index (Phi) is 7.22. The number of benzene rings is 2. The zero-order chi connectivity index (χ0) is 23.1. The summed E-state index contributed by atoms with van der Waals surface area (Å²) in [6.45, 7) is 4.36. The number of carbonyl (C=O) groups is 2. The normalized spacial score (nSPS) is 10.8. The summed E-state index contributed by atoms with van der Waals surface area (Å²) in [6.07, 6.45) is 1.48. The van der Waals surface area contributed by atoms with Crippen LogP contribution in [0, 0.1) is 13.8 Å². The number of methoxy groups -OCH3 is 1. The van der Waals surface area contributed by atoms with Crippen molar-refractivity contribution in [2.24, 2.45) is 10.8 Å². The summed E-state index contributed by atoms with van der Waals surface area (Å²) in [7, 11) is 1.48. The Morgan fingerprint density at radius 2 is 1.88 bits per heavy atom. The summed E-state index contributed by atoms with van der Waals surface area (Å²) in [4.78, 5) is 23.2. The van der Waals surface area contributed by atoms with E-state index in [1.54, 1.807) is 30.3 Å². The quantitative estimate of drug-likeness (QED) is 0.394. The van der Waals surface area contributed by atoms with Crippen LogP contribution in [0.3, 0.4) is 0 Å². The minimum atomic E-state index is -0.583. The molecule has 3 aromatic rings. The van der Waals surface area contributed by atoms with Crippen LogP contribution in [0.5, 0.6) is 11.5 Å². The van der Waals surface area contributed by atoms with Gasteiger partial charge in [-0.2, -0.15) is 10.2 Å². The molecule has 32 heavy (non-hydrogen) atoms. The Balaban J connectivity index is 1.59. The van der Waals surface area contributed by atoms with Gasteiger partial charge in [-0.25, -0.2) is 5.43 Å². The van der Waals surface area contributed by atoms with Gasteiger partial charge >= 0.3 is 0 Å². The number of nitrogens with zero attached hydrogens (tertiary/aromatic N) is 3. The number of aryl methyl sites for hydroxylation is 2. The molecule has 1 aromatic heterocycles. The van der Waals surface area contributed by atoms with Crippen LogP contribution in [0.15, 0.2) is 53.6 Å². The lowest BCUT2D eigenvalue weighted by Gasteiger charge is -2.09. The van der Waals surface area contributed by atoms with Crippen molar-refractivity contribution in [1.82, 2.24) is 15.2 Å². The van der Waals surface area contributed by atoms with Crippen molar-refractivity contribution in [2.75, 3.05) is 13.7 Å². The van der Waals surface area contributed by atoms with E-state index in [-0.39, 0.29) is 12.5 Å². The number of hydrogen-bond donors (Lipinski definition) is 2. The van der Waals surface area contributed by atoms with Crippen molar-refractivity contribution >= 4 is 18.0 Å². The van der Waals surface area contributed by atoms with Gasteiger partial charge in [0.2, 0.25) is 0 Å². The van der Waals surface area contributed by atoms with E-state index in [0.29, 0.717) is 29.2 Å². The molecule has 0 spiro atoms. The number of nitrogens with one attached hydrogen (secondary N) is 1. The number of nitrogens with two attached hydrogens (primary N) is 1. The van der Waals surface area contributed by atoms with Crippen molar-refractivity contribution in [2.45, 2.75) is 20.4 Å². The predicted octanol–water partition coefficient (Wildman–Crippen LogP) is 2.18. The molecule has 0 aliphatic carbocycles. The largest absolute Gasteiger partial charge is 0.493 e. The van der Waals surface area contributed by atoms with Crippen LogP contribution in [-0.2, 0) is 11.3 Å². The Labute approximate surface area is 185 Å². The number of aromatic nitrogens is 2. The lowest BCUT2D eigenvalue weighted by molar-refractivity contribution is -0.119. The van der Waals surface area contributed by atoms with Crippen LogP contribution >= 0.6 is 0 Å². The van der Waals surface area contributed by atoms with E-state index in [4.69, 9.17) is 15.2 Å².